The molecule has 2 aromatic carbocycles. The van der Waals surface area contributed by atoms with Crippen LogP contribution < -0.4 is 18.9 Å². The Kier molecular flexibility index (Phi) is 7.54. The van der Waals surface area contributed by atoms with Crippen molar-refractivity contribution in [2.75, 3.05) is 41.6 Å². The van der Waals surface area contributed by atoms with E-state index in [0.717, 1.165) is 21.2 Å². The Balaban J connectivity index is 2.08. The topological polar surface area (TPSA) is 66.5 Å². The molecule has 8 heteroatoms. The SMILES string of the molecule is CCOC(=O)N1CCc2cc(OC)c(OC)cc2C1Cc1cc(OC)c(OC)cc1Br. The second kappa shape index (κ2) is 10.1. The number of fused-ring (bicyclic) bond motifs is 1. The smallest absolute Gasteiger partial charge is 0.410 e. The molecule has 0 saturated carbocycles. The minimum absolute atomic E-state index is 0.239. The van der Waals surface area contributed by atoms with E-state index in [1.165, 1.54) is 0 Å². The molecular weight excluding hydrogens is 466 g/mol. The highest BCUT2D eigenvalue weighted by Crippen LogP contribution is 2.42. The fourth-order valence-corrected chi connectivity index (χ4v) is 4.42. The first kappa shape index (κ1) is 23.1. The van der Waals surface area contributed by atoms with Gasteiger partial charge in [0.15, 0.2) is 23.0 Å². The molecule has 1 aliphatic rings. The van der Waals surface area contributed by atoms with Gasteiger partial charge in [0.2, 0.25) is 0 Å². The summed E-state index contributed by atoms with van der Waals surface area (Å²) < 4.78 is 28.1. The lowest BCUT2D eigenvalue weighted by Gasteiger charge is -2.37. The summed E-state index contributed by atoms with van der Waals surface area (Å²) in [6.07, 6.45) is 0.935. The number of carbonyl (C=O) groups excluding carboxylic acids is 1. The number of hydrogen-bond acceptors (Lipinski definition) is 6. The molecule has 0 aromatic heterocycles. The van der Waals surface area contributed by atoms with E-state index >= 15 is 0 Å². The van der Waals surface area contributed by atoms with Crippen LogP contribution in [0.2, 0.25) is 0 Å². The average molecular weight is 494 g/mol. The third kappa shape index (κ3) is 4.69. The van der Waals surface area contributed by atoms with Gasteiger partial charge in [-0.1, -0.05) is 15.9 Å². The van der Waals surface area contributed by atoms with Crippen LogP contribution in [-0.4, -0.2) is 52.6 Å². The molecule has 1 unspecified atom stereocenters. The number of ether oxygens (including phenoxy) is 5. The lowest BCUT2D eigenvalue weighted by atomic mass is 9.88. The summed E-state index contributed by atoms with van der Waals surface area (Å²) in [6, 6.07) is 7.52. The van der Waals surface area contributed by atoms with Gasteiger partial charge >= 0.3 is 6.09 Å². The number of carbonyl (C=O) groups is 1. The van der Waals surface area contributed by atoms with Gasteiger partial charge in [-0.25, -0.2) is 4.79 Å². The van der Waals surface area contributed by atoms with Crippen molar-refractivity contribution in [3.8, 4) is 23.0 Å². The van der Waals surface area contributed by atoms with E-state index in [0.29, 0.717) is 49.0 Å². The highest BCUT2D eigenvalue weighted by molar-refractivity contribution is 9.10. The molecule has 1 amide bonds. The predicted molar refractivity (Wildman–Crippen MR) is 121 cm³/mol. The largest absolute Gasteiger partial charge is 0.493 e. The third-order valence-corrected chi connectivity index (χ3v) is 6.21. The molecule has 3 rings (SSSR count). The Morgan fingerprint density at radius 2 is 1.55 bits per heavy atom. The molecule has 1 aliphatic heterocycles. The standard InChI is InChI=1S/C23H28BrNO6/c1-6-31-23(26)25-8-7-14-10-19(27-2)21(29-4)12-16(14)18(25)9-15-11-20(28-3)22(30-5)13-17(15)24/h10-13,18H,6-9H2,1-5H3. The van der Waals surface area contributed by atoms with E-state index in [1.807, 2.05) is 31.2 Å². The van der Waals surface area contributed by atoms with Crippen molar-refractivity contribution in [2.45, 2.75) is 25.8 Å². The summed E-state index contributed by atoms with van der Waals surface area (Å²) >= 11 is 3.64. The van der Waals surface area contributed by atoms with Crippen LogP contribution in [0.4, 0.5) is 4.79 Å². The van der Waals surface area contributed by atoms with E-state index in [2.05, 4.69) is 15.9 Å². The van der Waals surface area contributed by atoms with Crippen LogP contribution in [0.3, 0.4) is 0 Å². The molecule has 0 aliphatic carbocycles. The van der Waals surface area contributed by atoms with Gasteiger partial charge in [-0.2, -0.15) is 0 Å². The van der Waals surface area contributed by atoms with Crippen LogP contribution in [0.25, 0.3) is 0 Å². The molecule has 0 fully saturated rings. The van der Waals surface area contributed by atoms with Crippen molar-refractivity contribution in [1.29, 1.82) is 0 Å². The second-order valence-corrected chi connectivity index (χ2v) is 7.92. The third-order valence-electron chi connectivity index (χ3n) is 5.47. The summed E-state index contributed by atoms with van der Waals surface area (Å²) in [5, 5.41) is 0. The number of amides is 1. The maximum Gasteiger partial charge on any atom is 0.410 e. The molecule has 0 N–H and O–H groups in total. The number of rotatable bonds is 7. The molecule has 0 saturated heterocycles. The van der Waals surface area contributed by atoms with Gasteiger partial charge in [0.25, 0.3) is 0 Å². The van der Waals surface area contributed by atoms with Crippen LogP contribution in [0.1, 0.15) is 29.7 Å². The Morgan fingerprint density at radius 3 is 2.16 bits per heavy atom. The number of hydrogen-bond donors (Lipinski definition) is 0. The fourth-order valence-electron chi connectivity index (χ4n) is 3.93. The van der Waals surface area contributed by atoms with Gasteiger partial charge in [-0.05, 0) is 60.7 Å². The lowest BCUT2D eigenvalue weighted by Crippen LogP contribution is -2.41. The number of halogens is 1. The van der Waals surface area contributed by atoms with Crippen molar-refractivity contribution in [3.63, 3.8) is 0 Å². The van der Waals surface area contributed by atoms with Crippen molar-refractivity contribution < 1.29 is 28.5 Å². The maximum absolute atomic E-state index is 12.8. The van der Waals surface area contributed by atoms with Gasteiger partial charge in [0.1, 0.15) is 0 Å². The molecular formula is C23H28BrNO6. The zero-order valence-corrected chi connectivity index (χ0v) is 20.1. The predicted octanol–water partition coefficient (Wildman–Crippen LogP) is 4.78. The first-order chi connectivity index (χ1) is 15.0. The summed E-state index contributed by atoms with van der Waals surface area (Å²) in [6.45, 7) is 2.68. The fraction of sp³-hybridized carbons (Fsp3) is 0.435. The Bertz CT molecular complexity index is 948. The number of nitrogens with zero attached hydrogens (tertiary/aromatic N) is 1. The maximum atomic E-state index is 12.8. The zero-order chi connectivity index (χ0) is 22.5. The van der Waals surface area contributed by atoms with E-state index in [4.69, 9.17) is 23.7 Å². The van der Waals surface area contributed by atoms with Gasteiger partial charge in [-0.3, -0.25) is 0 Å². The van der Waals surface area contributed by atoms with Crippen molar-refractivity contribution >= 4 is 22.0 Å². The van der Waals surface area contributed by atoms with Crippen LogP contribution >= 0.6 is 15.9 Å². The lowest BCUT2D eigenvalue weighted by molar-refractivity contribution is 0.0863. The van der Waals surface area contributed by atoms with E-state index in [1.54, 1.807) is 33.3 Å². The van der Waals surface area contributed by atoms with Crippen LogP contribution in [0.5, 0.6) is 23.0 Å². The van der Waals surface area contributed by atoms with Gasteiger partial charge in [-0.15, -0.1) is 0 Å². The van der Waals surface area contributed by atoms with Crippen molar-refractivity contribution in [2.24, 2.45) is 0 Å². The molecule has 7 nitrogen and oxygen atoms in total. The van der Waals surface area contributed by atoms with Crippen LogP contribution in [0, 0.1) is 0 Å². The number of methoxy groups -OCH3 is 4. The second-order valence-electron chi connectivity index (χ2n) is 7.07. The van der Waals surface area contributed by atoms with Crippen LogP contribution in [0.15, 0.2) is 28.7 Å². The summed E-state index contributed by atoms with van der Waals surface area (Å²) in [7, 11) is 6.43. The van der Waals surface area contributed by atoms with Gasteiger partial charge < -0.3 is 28.6 Å². The zero-order valence-electron chi connectivity index (χ0n) is 18.5. The Labute approximate surface area is 191 Å². The quantitative estimate of drug-likeness (QED) is 0.552. The first-order valence-corrected chi connectivity index (χ1v) is 10.8. The minimum Gasteiger partial charge on any atom is -0.493 e. The molecule has 1 atom stereocenters. The van der Waals surface area contributed by atoms with E-state index < -0.39 is 0 Å². The molecule has 0 bridgehead atoms. The summed E-state index contributed by atoms with van der Waals surface area (Å²) in [5.41, 5.74) is 3.12. The van der Waals surface area contributed by atoms with Gasteiger partial charge in [0, 0.05) is 11.0 Å². The normalized spacial score (nSPS) is 15.2. The molecule has 168 valence electrons. The summed E-state index contributed by atoms with van der Waals surface area (Å²) in [4.78, 5) is 14.6. The summed E-state index contributed by atoms with van der Waals surface area (Å²) in [5.74, 6) is 2.57. The van der Waals surface area contributed by atoms with Gasteiger partial charge in [0.05, 0.1) is 41.1 Å². The van der Waals surface area contributed by atoms with E-state index in [-0.39, 0.29) is 12.1 Å². The minimum atomic E-state index is -0.329. The molecule has 2 aromatic rings. The molecule has 1 heterocycles. The average Bonchev–Trinajstić information content (AvgIpc) is 2.79. The van der Waals surface area contributed by atoms with Crippen LogP contribution in [-0.2, 0) is 17.6 Å². The monoisotopic (exact) mass is 493 g/mol. The van der Waals surface area contributed by atoms with E-state index in [9.17, 15) is 4.79 Å². The molecule has 0 radical (unpaired) electrons. The molecule has 31 heavy (non-hydrogen) atoms. The Morgan fingerprint density at radius 1 is 0.968 bits per heavy atom. The Hall–Kier alpha value is -2.61. The highest BCUT2D eigenvalue weighted by atomic mass is 79.9. The molecule has 0 spiro atoms. The first-order valence-electron chi connectivity index (χ1n) is 10.1. The number of benzene rings is 2. The van der Waals surface area contributed by atoms with Crippen molar-refractivity contribution in [1.82, 2.24) is 4.90 Å². The van der Waals surface area contributed by atoms with Crippen molar-refractivity contribution in [3.05, 3.63) is 45.4 Å². The highest BCUT2D eigenvalue weighted by Gasteiger charge is 2.33.